The van der Waals surface area contributed by atoms with E-state index in [0.29, 0.717) is 30.7 Å². The van der Waals surface area contributed by atoms with Crippen LogP contribution in [0.4, 0.5) is 0 Å². The Morgan fingerprint density at radius 3 is 2.62 bits per heavy atom. The maximum Gasteiger partial charge on any atom is 0.293 e. The number of hydrogen-bond acceptors (Lipinski definition) is 6. The lowest BCUT2D eigenvalue weighted by molar-refractivity contribution is -0.0409. The van der Waals surface area contributed by atoms with Gasteiger partial charge in [-0.1, -0.05) is 12.1 Å². The molecule has 1 aromatic carbocycles. The van der Waals surface area contributed by atoms with Gasteiger partial charge in [0, 0.05) is 19.7 Å². The van der Waals surface area contributed by atoms with Crippen LogP contribution < -0.4 is 0 Å². The number of nitrogens with zero attached hydrogens (tertiary/aromatic N) is 4. The van der Waals surface area contributed by atoms with Gasteiger partial charge in [0.1, 0.15) is 5.52 Å². The van der Waals surface area contributed by atoms with Crippen LogP contribution in [0.1, 0.15) is 29.9 Å². The largest absolute Gasteiger partial charge is 0.379 e. The fourth-order valence-electron chi connectivity index (χ4n) is 3.20. The van der Waals surface area contributed by atoms with Crippen molar-refractivity contribution in [1.82, 2.24) is 20.1 Å². The number of piperidine rings is 1. The minimum Gasteiger partial charge on any atom is -0.379 e. The predicted molar refractivity (Wildman–Crippen MR) is 86.6 cm³/mol. The summed E-state index contributed by atoms with van der Waals surface area (Å²) in [6.45, 7) is 2.80. The third kappa shape index (κ3) is 3.22. The average molecular weight is 328 g/mol. The molecule has 126 valence electrons. The van der Waals surface area contributed by atoms with Gasteiger partial charge >= 0.3 is 0 Å². The SMILES string of the molecule is O=C(c1nnc2ccccc2n1)N1CCC(OC2CCOC2)CC1. The molecule has 24 heavy (non-hydrogen) atoms. The van der Waals surface area contributed by atoms with Crippen molar-refractivity contribution in [2.24, 2.45) is 0 Å². The van der Waals surface area contributed by atoms with E-state index in [1.54, 1.807) is 4.90 Å². The summed E-state index contributed by atoms with van der Waals surface area (Å²) in [5.74, 6) is 0.00756. The van der Waals surface area contributed by atoms with Crippen molar-refractivity contribution < 1.29 is 14.3 Å². The van der Waals surface area contributed by atoms with Crippen LogP contribution in [0.15, 0.2) is 24.3 Å². The van der Waals surface area contributed by atoms with Crippen molar-refractivity contribution in [3.05, 3.63) is 30.1 Å². The summed E-state index contributed by atoms with van der Waals surface area (Å²) >= 11 is 0. The summed E-state index contributed by atoms with van der Waals surface area (Å²) in [4.78, 5) is 18.7. The van der Waals surface area contributed by atoms with Crippen LogP contribution in [0.2, 0.25) is 0 Å². The van der Waals surface area contributed by atoms with Gasteiger partial charge in [-0.3, -0.25) is 4.79 Å². The minimum absolute atomic E-state index is 0.157. The Balaban J connectivity index is 1.38. The molecule has 1 unspecified atom stereocenters. The molecule has 0 saturated carbocycles. The molecule has 2 aliphatic heterocycles. The second-order valence-electron chi connectivity index (χ2n) is 6.24. The summed E-state index contributed by atoms with van der Waals surface area (Å²) in [5, 5.41) is 8.07. The van der Waals surface area contributed by atoms with E-state index >= 15 is 0 Å². The lowest BCUT2D eigenvalue weighted by Crippen LogP contribution is -2.42. The Bertz CT molecular complexity index is 725. The second kappa shape index (κ2) is 6.78. The zero-order valence-electron chi connectivity index (χ0n) is 13.4. The molecule has 1 atom stereocenters. The van der Waals surface area contributed by atoms with Crippen molar-refractivity contribution in [2.45, 2.75) is 31.5 Å². The highest BCUT2D eigenvalue weighted by molar-refractivity contribution is 5.91. The molecule has 1 aromatic heterocycles. The van der Waals surface area contributed by atoms with Crippen molar-refractivity contribution in [1.29, 1.82) is 0 Å². The molecule has 0 bridgehead atoms. The van der Waals surface area contributed by atoms with Crippen molar-refractivity contribution >= 4 is 16.9 Å². The number of amides is 1. The molecule has 1 amide bonds. The number of ether oxygens (including phenoxy) is 2. The first-order valence-electron chi connectivity index (χ1n) is 8.41. The van der Waals surface area contributed by atoms with E-state index in [2.05, 4.69) is 15.2 Å². The molecule has 0 spiro atoms. The van der Waals surface area contributed by atoms with Crippen molar-refractivity contribution in [3.63, 3.8) is 0 Å². The first-order valence-corrected chi connectivity index (χ1v) is 8.41. The maximum atomic E-state index is 12.6. The Morgan fingerprint density at radius 2 is 1.88 bits per heavy atom. The lowest BCUT2D eigenvalue weighted by atomic mass is 10.1. The Morgan fingerprint density at radius 1 is 1.08 bits per heavy atom. The number of hydrogen-bond donors (Lipinski definition) is 0. The van der Waals surface area contributed by atoms with E-state index in [-0.39, 0.29) is 23.9 Å². The van der Waals surface area contributed by atoms with E-state index in [1.807, 2.05) is 24.3 Å². The van der Waals surface area contributed by atoms with Crippen LogP contribution in [0.5, 0.6) is 0 Å². The zero-order valence-corrected chi connectivity index (χ0v) is 13.4. The number of likely N-dealkylation sites (tertiary alicyclic amines) is 1. The van der Waals surface area contributed by atoms with Crippen LogP contribution in [0, 0.1) is 0 Å². The third-order valence-electron chi connectivity index (χ3n) is 4.55. The molecule has 2 aliphatic rings. The smallest absolute Gasteiger partial charge is 0.293 e. The maximum absolute atomic E-state index is 12.6. The van der Waals surface area contributed by atoms with E-state index in [4.69, 9.17) is 9.47 Å². The molecule has 3 heterocycles. The molecule has 4 rings (SSSR count). The molecule has 7 heteroatoms. The topological polar surface area (TPSA) is 77.4 Å². The molecule has 0 radical (unpaired) electrons. The first kappa shape index (κ1) is 15.4. The summed E-state index contributed by atoms with van der Waals surface area (Å²) in [5.41, 5.74) is 1.38. The zero-order chi connectivity index (χ0) is 16.4. The second-order valence-corrected chi connectivity index (χ2v) is 6.24. The number of aromatic nitrogens is 3. The molecule has 0 N–H and O–H groups in total. The van der Waals surface area contributed by atoms with Gasteiger partial charge in [0.05, 0.1) is 24.3 Å². The highest BCUT2D eigenvalue weighted by Gasteiger charge is 2.28. The Labute approximate surface area is 140 Å². The number of rotatable bonds is 3. The van der Waals surface area contributed by atoms with Gasteiger partial charge < -0.3 is 14.4 Å². The van der Waals surface area contributed by atoms with Gasteiger partial charge in [-0.25, -0.2) is 4.98 Å². The van der Waals surface area contributed by atoms with Gasteiger partial charge in [0.25, 0.3) is 5.91 Å². The van der Waals surface area contributed by atoms with Crippen LogP contribution in [0.25, 0.3) is 11.0 Å². The quantitative estimate of drug-likeness (QED) is 0.848. The van der Waals surface area contributed by atoms with Crippen molar-refractivity contribution in [2.75, 3.05) is 26.3 Å². The fraction of sp³-hybridized carbons (Fsp3) is 0.529. The number of carbonyl (C=O) groups excluding carboxylic acids is 1. The molecule has 7 nitrogen and oxygen atoms in total. The van der Waals surface area contributed by atoms with E-state index < -0.39 is 0 Å². The first-order chi connectivity index (χ1) is 11.8. The van der Waals surface area contributed by atoms with Crippen LogP contribution >= 0.6 is 0 Å². The Hall–Kier alpha value is -2.12. The predicted octanol–water partition coefficient (Wildman–Crippen LogP) is 1.43. The summed E-state index contributed by atoms with van der Waals surface area (Å²) in [6.07, 6.45) is 3.06. The van der Waals surface area contributed by atoms with Gasteiger partial charge in [0.15, 0.2) is 0 Å². The molecule has 0 aliphatic carbocycles. The molecule has 2 aromatic rings. The highest BCUT2D eigenvalue weighted by Crippen LogP contribution is 2.20. The van der Waals surface area contributed by atoms with Gasteiger partial charge in [0.2, 0.25) is 5.82 Å². The third-order valence-corrected chi connectivity index (χ3v) is 4.55. The van der Waals surface area contributed by atoms with Crippen molar-refractivity contribution in [3.8, 4) is 0 Å². The number of benzene rings is 1. The lowest BCUT2D eigenvalue weighted by Gasteiger charge is -2.32. The molecule has 2 fully saturated rings. The van der Waals surface area contributed by atoms with Gasteiger partial charge in [-0.15, -0.1) is 10.2 Å². The number of carbonyl (C=O) groups is 1. The standard InChI is InChI=1S/C17H20N4O3/c22-17(16-18-14-3-1-2-4-15(14)19-20-16)21-8-5-12(6-9-21)24-13-7-10-23-11-13/h1-4,12-13H,5-11H2. The minimum atomic E-state index is -0.157. The van der Waals surface area contributed by atoms with Crippen LogP contribution in [-0.4, -0.2) is 64.5 Å². The fourth-order valence-corrected chi connectivity index (χ4v) is 3.20. The highest BCUT2D eigenvalue weighted by atomic mass is 16.5. The van der Waals surface area contributed by atoms with Crippen LogP contribution in [-0.2, 0) is 9.47 Å². The molecular weight excluding hydrogens is 308 g/mol. The van der Waals surface area contributed by atoms with Gasteiger partial charge in [-0.05, 0) is 31.4 Å². The summed E-state index contributed by atoms with van der Waals surface area (Å²) in [7, 11) is 0. The van der Waals surface area contributed by atoms with E-state index in [1.165, 1.54) is 0 Å². The summed E-state index contributed by atoms with van der Waals surface area (Å²) in [6, 6.07) is 7.42. The van der Waals surface area contributed by atoms with E-state index in [0.717, 1.165) is 25.9 Å². The molecular formula is C17H20N4O3. The average Bonchev–Trinajstić information content (AvgIpc) is 3.14. The number of para-hydroxylation sites is 1. The van der Waals surface area contributed by atoms with E-state index in [9.17, 15) is 4.79 Å². The molecule has 2 saturated heterocycles. The van der Waals surface area contributed by atoms with Crippen LogP contribution in [0.3, 0.4) is 0 Å². The Kier molecular flexibility index (Phi) is 4.36. The summed E-state index contributed by atoms with van der Waals surface area (Å²) < 4.78 is 11.4. The monoisotopic (exact) mass is 328 g/mol. The number of fused-ring (bicyclic) bond motifs is 1. The van der Waals surface area contributed by atoms with Gasteiger partial charge in [-0.2, -0.15) is 0 Å². The normalized spacial score (nSPS) is 22.2.